The average molecular weight is 260 g/mol. The third-order valence-electron chi connectivity index (χ3n) is 2.65. The number of carbonyl (C=O) groups excluding carboxylic acids is 1. The highest BCUT2D eigenvalue weighted by atomic mass is 16.5. The molecule has 0 unspecified atom stereocenters. The highest BCUT2D eigenvalue weighted by molar-refractivity contribution is 5.77. The summed E-state index contributed by atoms with van der Waals surface area (Å²) in [4.78, 5) is 15.6. The maximum absolute atomic E-state index is 11.6. The van der Waals surface area contributed by atoms with E-state index in [0.29, 0.717) is 18.1 Å². The van der Waals surface area contributed by atoms with Crippen molar-refractivity contribution in [2.75, 3.05) is 6.61 Å². The zero-order valence-corrected chi connectivity index (χ0v) is 11.0. The number of ether oxygens (including phenoxy) is 1. The van der Waals surface area contributed by atoms with E-state index in [1.807, 2.05) is 38.1 Å². The van der Waals surface area contributed by atoms with Gasteiger partial charge >= 0.3 is 0 Å². The van der Waals surface area contributed by atoms with Crippen LogP contribution in [0.25, 0.3) is 0 Å². The van der Waals surface area contributed by atoms with Gasteiger partial charge in [-0.25, -0.2) is 4.98 Å². The molecule has 5 heteroatoms. The van der Waals surface area contributed by atoms with Gasteiger partial charge in [-0.05, 0) is 31.5 Å². The van der Waals surface area contributed by atoms with Crippen LogP contribution in [-0.4, -0.2) is 17.5 Å². The summed E-state index contributed by atoms with van der Waals surface area (Å²) in [7, 11) is 0. The quantitative estimate of drug-likeness (QED) is 0.892. The van der Waals surface area contributed by atoms with E-state index in [-0.39, 0.29) is 12.5 Å². The highest BCUT2D eigenvalue weighted by Gasteiger charge is 2.07. The summed E-state index contributed by atoms with van der Waals surface area (Å²) in [6.07, 6.45) is 1.36. The molecule has 2 rings (SSSR count). The van der Waals surface area contributed by atoms with Crippen LogP contribution in [0.4, 0.5) is 0 Å². The molecule has 1 heterocycles. The number of hydrogen-bond acceptors (Lipinski definition) is 4. The van der Waals surface area contributed by atoms with Gasteiger partial charge in [-0.2, -0.15) is 0 Å². The molecular weight excluding hydrogens is 244 g/mol. The summed E-state index contributed by atoms with van der Waals surface area (Å²) < 4.78 is 10.5. The number of nitrogens with one attached hydrogen (secondary N) is 1. The normalized spacial score (nSPS) is 10.2. The lowest BCUT2D eigenvalue weighted by Gasteiger charge is -2.07. The fourth-order valence-corrected chi connectivity index (χ4v) is 1.58. The Morgan fingerprint density at radius 2 is 2.26 bits per heavy atom. The van der Waals surface area contributed by atoms with Crippen LogP contribution >= 0.6 is 0 Å². The predicted molar refractivity (Wildman–Crippen MR) is 69.8 cm³/mol. The van der Waals surface area contributed by atoms with Crippen molar-refractivity contribution in [1.29, 1.82) is 0 Å². The fourth-order valence-electron chi connectivity index (χ4n) is 1.58. The molecule has 100 valence electrons. The largest absolute Gasteiger partial charge is 0.484 e. The number of aromatic nitrogens is 1. The summed E-state index contributed by atoms with van der Waals surface area (Å²) in [6, 6.07) is 7.56. The van der Waals surface area contributed by atoms with Crippen LogP contribution in [0.2, 0.25) is 0 Å². The number of rotatable bonds is 5. The van der Waals surface area contributed by atoms with E-state index in [4.69, 9.17) is 9.15 Å². The van der Waals surface area contributed by atoms with Crippen LogP contribution in [0.5, 0.6) is 5.75 Å². The zero-order chi connectivity index (χ0) is 13.7. The molecule has 19 heavy (non-hydrogen) atoms. The van der Waals surface area contributed by atoms with Crippen LogP contribution in [0.1, 0.15) is 17.0 Å². The van der Waals surface area contributed by atoms with Gasteiger partial charge in [0.1, 0.15) is 11.5 Å². The van der Waals surface area contributed by atoms with Gasteiger partial charge in [0, 0.05) is 0 Å². The molecule has 0 aliphatic rings. The minimum atomic E-state index is -0.197. The second kappa shape index (κ2) is 6.04. The Kier molecular flexibility index (Phi) is 4.18. The number of oxazole rings is 1. The first kappa shape index (κ1) is 13.1. The Morgan fingerprint density at radius 3 is 2.95 bits per heavy atom. The standard InChI is InChI=1S/C14H16N2O3/c1-10-4-3-5-12(6-10)18-8-14(17)15-7-13-11(2)16-9-19-13/h3-6,9H,7-8H2,1-2H3,(H,15,17). The third kappa shape index (κ3) is 3.84. The van der Waals surface area contributed by atoms with Crippen molar-refractivity contribution in [3.05, 3.63) is 47.7 Å². The number of aryl methyl sites for hydroxylation is 2. The van der Waals surface area contributed by atoms with Gasteiger partial charge < -0.3 is 14.5 Å². The Morgan fingerprint density at radius 1 is 1.42 bits per heavy atom. The van der Waals surface area contributed by atoms with Crippen LogP contribution in [0, 0.1) is 13.8 Å². The maximum Gasteiger partial charge on any atom is 0.258 e. The lowest BCUT2D eigenvalue weighted by molar-refractivity contribution is -0.123. The van der Waals surface area contributed by atoms with E-state index in [1.165, 1.54) is 6.39 Å². The molecule has 0 saturated heterocycles. The summed E-state index contributed by atoms with van der Waals surface area (Å²) in [5, 5.41) is 2.71. The third-order valence-corrected chi connectivity index (χ3v) is 2.65. The number of carbonyl (C=O) groups is 1. The van der Waals surface area contributed by atoms with E-state index < -0.39 is 0 Å². The SMILES string of the molecule is Cc1cccc(OCC(=O)NCc2ocnc2C)c1. The van der Waals surface area contributed by atoms with E-state index in [1.54, 1.807) is 0 Å². The molecule has 0 aliphatic heterocycles. The summed E-state index contributed by atoms with van der Waals surface area (Å²) in [6.45, 7) is 4.10. The number of benzene rings is 1. The van der Waals surface area contributed by atoms with Crippen LogP contribution in [0.3, 0.4) is 0 Å². The minimum absolute atomic E-state index is 0.0172. The van der Waals surface area contributed by atoms with Gasteiger partial charge in [0.25, 0.3) is 5.91 Å². The predicted octanol–water partition coefficient (Wildman–Crippen LogP) is 1.99. The first-order chi connectivity index (χ1) is 9.15. The molecule has 1 N–H and O–H groups in total. The van der Waals surface area contributed by atoms with Crippen molar-refractivity contribution in [3.63, 3.8) is 0 Å². The molecule has 1 aromatic carbocycles. The monoisotopic (exact) mass is 260 g/mol. The van der Waals surface area contributed by atoms with Crippen LogP contribution < -0.4 is 10.1 Å². The Bertz CT molecular complexity index is 563. The topological polar surface area (TPSA) is 64.4 Å². The van der Waals surface area contributed by atoms with Crippen LogP contribution in [0.15, 0.2) is 35.1 Å². The lowest BCUT2D eigenvalue weighted by Crippen LogP contribution is -2.28. The van der Waals surface area contributed by atoms with Gasteiger partial charge in [-0.15, -0.1) is 0 Å². The lowest BCUT2D eigenvalue weighted by atomic mass is 10.2. The molecule has 0 bridgehead atoms. The summed E-state index contributed by atoms with van der Waals surface area (Å²) >= 11 is 0. The van der Waals surface area contributed by atoms with Gasteiger partial charge in [0.15, 0.2) is 13.0 Å². The Hall–Kier alpha value is -2.30. The van der Waals surface area contributed by atoms with Crippen molar-refractivity contribution in [2.45, 2.75) is 20.4 Å². The van der Waals surface area contributed by atoms with Crippen molar-refractivity contribution in [2.24, 2.45) is 0 Å². The molecule has 0 saturated carbocycles. The highest BCUT2D eigenvalue weighted by Crippen LogP contribution is 2.12. The van der Waals surface area contributed by atoms with Gasteiger partial charge in [-0.3, -0.25) is 4.79 Å². The Balaban J connectivity index is 1.77. The molecule has 5 nitrogen and oxygen atoms in total. The number of nitrogens with zero attached hydrogens (tertiary/aromatic N) is 1. The average Bonchev–Trinajstić information content (AvgIpc) is 2.80. The molecule has 1 amide bonds. The van der Waals surface area contributed by atoms with E-state index in [9.17, 15) is 4.79 Å². The second-order valence-electron chi connectivity index (χ2n) is 4.24. The molecule has 2 aromatic rings. The second-order valence-corrected chi connectivity index (χ2v) is 4.24. The van der Waals surface area contributed by atoms with Gasteiger partial charge in [-0.1, -0.05) is 12.1 Å². The van der Waals surface area contributed by atoms with Crippen molar-refractivity contribution < 1.29 is 13.9 Å². The number of amides is 1. The molecule has 1 aromatic heterocycles. The minimum Gasteiger partial charge on any atom is -0.484 e. The molecule has 0 fully saturated rings. The van der Waals surface area contributed by atoms with E-state index >= 15 is 0 Å². The van der Waals surface area contributed by atoms with Gasteiger partial charge in [0.2, 0.25) is 0 Å². The number of hydrogen-bond donors (Lipinski definition) is 1. The first-order valence-electron chi connectivity index (χ1n) is 6.00. The van der Waals surface area contributed by atoms with E-state index in [0.717, 1.165) is 11.3 Å². The van der Waals surface area contributed by atoms with Crippen molar-refractivity contribution in [1.82, 2.24) is 10.3 Å². The molecule has 0 radical (unpaired) electrons. The molecule has 0 aliphatic carbocycles. The first-order valence-corrected chi connectivity index (χ1v) is 6.00. The molecule has 0 atom stereocenters. The summed E-state index contributed by atoms with van der Waals surface area (Å²) in [5.74, 6) is 1.15. The smallest absolute Gasteiger partial charge is 0.258 e. The van der Waals surface area contributed by atoms with Crippen LogP contribution in [-0.2, 0) is 11.3 Å². The Labute approximate surface area is 111 Å². The maximum atomic E-state index is 11.6. The zero-order valence-electron chi connectivity index (χ0n) is 11.0. The van der Waals surface area contributed by atoms with Crippen molar-refractivity contribution in [3.8, 4) is 5.75 Å². The molecule has 0 spiro atoms. The molecular formula is C14H16N2O3. The fraction of sp³-hybridized carbons (Fsp3) is 0.286. The van der Waals surface area contributed by atoms with Gasteiger partial charge in [0.05, 0.1) is 12.2 Å². The summed E-state index contributed by atoms with van der Waals surface area (Å²) in [5.41, 5.74) is 1.87. The van der Waals surface area contributed by atoms with E-state index in [2.05, 4.69) is 10.3 Å². The van der Waals surface area contributed by atoms with Crippen molar-refractivity contribution >= 4 is 5.91 Å².